The molecule has 3 fully saturated rings. The van der Waals surface area contributed by atoms with E-state index in [0.717, 1.165) is 24.9 Å². The number of benzene rings is 1. The van der Waals surface area contributed by atoms with E-state index < -0.39 is 0 Å². The van der Waals surface area contributed by atoms with Crippen molar-refractivity contribution in [1.29, 1.82) is 0 Å². The Labute approximate surface area is 163 Å². The molecule has 5 nitrogen and oxygen atoms in total. The van der Waals surface area contributed by atoms with Crippen molar-refractivity contribution in [3.05, 3.63) is 64.9 Å². The Morgan fingerprint density at radius 3 is 2.78 bits per heavy atom. The first kappa shape index (κ1) is 18.0. The first-order valence-electron chi connectivity index (χ1n) is 9.33. The van der Waals surface area contributed by atoms with Crippen molar-refractivity contribution in [3.63, 3.8) is 0 Å². The number of halogens is 1. The molecule has 3 aliphatic rings. The molecular formula is C21H22ClN3O2. The van der Waals surface area contributed by atoms with Crippen LogP contribution in [0.25, 0.3) is 0 Å². The van der Waals surface area contributed by atoms with Crippen LogP contribution in [0.15, 0.2) is 48.8 Å². The van der Waals surface area contributed by atoms with Gasteiger partial charge in [0.2, 0.25) is 5.91 Å². The fraction of sp³-hybridized carbons (Fsp3) is 0.381. The van der Waals surface area contributed by atoms with Gasteiger partial charge in [0.1, 0.15) is 0 Å². The highest BCUT2D eigenvalue weighted by Crippen LogP contribution is 2.29. The maximum Gasteiger partial charge on any atom is 0.255 e. The first-order valence-corrected chi connectivity index (χ1v) is 9.71. The van der Waals surface area contributed by atoms with E-state index in [-0.39, 0.29) is 17.9 Å². The van der Waals surface area contributed by atoms with Crippen molar-refractivity contribution in [3.8, 4) is 0 Å². The summed E-state index contributed by atoms with van der Waals surface area (Å²) in [6.45, 7) is 2.01. The lowest BCUT2D eigenvalue weighted by Gasteiger charge is -2.36. The third-order valence-corrected chi connectivity index (χ3v) is 5.71. The average molecular weight is 384 g/mol. The number of hydrogen-bond acceptors (Lipinski definition) is 3. The van der Waals surface area contributed by atoms with Crippen molar-refractivity contribution in [1.82, 2.24) is 14.8 Å². The Bertz CT molecular complexity index is 842. The molecule has 2 atom stereocenters. The maximum atomic E-state index is 12.9. The van der Waals surface area contributed by atoms with Gasteiger partial charge in [0, 0.05) is 43.1 Å². The summed E-state index contributed by atoms with van der Waals surface area (Å²) >= 11 is 6.04. The lowest BCUT2D eigenvalue weighted by Crippen LogP contribution is -2.48. The van der Waals surface area contributed by atoms with Crippen molar-refractivity contribution < 1.29 is 9.59 Å². The molecule has 6 heteroatoms. The molecule has 2 bridgehead atoms. The number of aromatic nitrogens is 1. The van der Waals surface area contributed by atoms with Gasteiger partial charge in [0.15, 0.2) is 0 Å². The Balaban J connectivity index is 1.48. The van der Waals surface area contributed by atoms with E-state index >= 15 is 0 Å². The summed E-state index contributed by atoms with van der Waals surface area (Å²) in [6, 6.07) is 11.1. The third kappa shape index (κ3) is 3.98. The van der Waals surface area contributed by atoms with Crippen LogP contribution in [0.5, 0.6) is 0 Å². The second kappa shape index (κ2) is 7.69. The molecule has 0 saturated carbocycles. The maximum absolute atomic E-state index is 12.9. The van der Waals surface area contributed by atoms with Crippen LogP contribution in [0.4, 0.5) is 0 Å². The second-order valence-corrected chi connectivity index (χ2v) is 7.84. The highest BCUT2D eigenvalue weighted by molar-refractivity contribution is 6.30. The largest absolute Gasteiger partial charge is 0.337 e. The van der Waals surface area contributed by atoms with E-state index in [4.69, 9.17) is 11.6 Å². The standard InChI is InChI=1S/C21H22ClN3O2/c22-18-5-1-3-15(9-18)10-20(26)25-13-16-6-7-19(25)14-24(12-16)21(27)17-4-2-8-23-11-17/h1-5,8-9,11,16,19H,6-7,10,12-14H2/t16-,19+/m0/s1. The molecule has 0 spiro atoms. The number of piperidine rings is 1. The highest BCUT2D eigenvalue weighted by Gasteiger charge is 2.38. The smallest absolute Gasteiger partial charge is 0.255 e. The molecule has 2 amide bonds. The van der Waals surface area contributed by atoms with Gasteiger partial charge in [-0.25, -0.2) is 0 Å². The highest BCUT2D eigenvalue weighted by atomic mass is 35.5. The molecule has 4 heterocycles. The summed E-state index contributed by atoms with van der Waals surface area (Å²) in [4.78, 5) is 33.7. The van der Waals surface area contributed by atoms with E-state index in [1.54, 1.807) is 24.5 Å². The van der Waals surface area contributed by atoms with Crippen LogP contribution in [-0.2, 0) is 11.2 Å². The van der Waals surface area contributed by atoms with Gasteiger partial charge in [-0.15, -0.1) is 0 Å². The van der Waals surface area contributed by atoms with E-state index in [9.17, 15) is 9.59 Å². The molecule has 5 rings (SSSR count). The Hall–Kier alpha value is -2.40. The van der Waals surface area contributed by atoms with E-state index in [2.05, 4.69) is 4.98 Å². The van der Waals surface area contributed by atoms with Gasteiger partial charge in [-0.2, -0.15) is 0 Å². The Morgan fingerprint density at radius 1 is 1.11 bits per heavy atom. The number of carbonyl (C=O) groups is 2. The fourth-order valence-electron chi connectivity index (χ4n) is 4.15. The van der Waals surface area contributed by atoms with E-state index in [1.165, 1.54) is 0 Å². The van der Waals surface area contributed by atoms with Crippen LogP contribution in [0.1, 0.15) is 28.8 Å². The Kier molecular flexibility index (Phi) is 5.12. The quantitative estimate of drug-likeness (QED) is 0.818. The fourth-order valence-corrected chi connectivity index (χ4v) is 4.36. The Morgan fingerprint density at radius 2 is 2.00 bits per heavy atom. The number of rotatable bonds is 3. The van der Waals surface area contributed by atoms with Crippen LogP contribution in [0.3, 0.4) is 0 Å². The predicted octanol–water partition coefficient (Wildman–Crippen LogP) is 3.04. The zero-order chi connectivity index (χ0) is 18.8. The van der Waals surface area contributed by atoms with E-state index in [0.29, 0.717) is 36.0 Å². The van der Waals surface area contributed by atoms with Gasteiger partial charge in [0.05, 0.1) is 12.0 Å². The topological polar surface area (TPSA) is 53.5 Å². The second-order valence-electron chi connectivity index (χ2n) is 7.40. The number of nitrogens with zero attached hydrogens (tertiary/aromatic N) is 3. The summed E-state index contributed by atoms with van der Waals surface area (Å²) in [5, 5.41) is 0.644. The summed E-state index contributed by atoms with van der Waals surface area (Å²) in [6.07, 6.45) is 5.63. The van der Waals surface area contributed by atoms with Crippen molar-refractivity contribution in [2.24, 2.45) is 5.92 Å². The van der Waals surface area contributed by atoms with Crippen LogP contribution < -0.4 is 0 Å². The minimum Gasteiger partial charge on any atom is -0.337 e. The number of hydrogen-bond donors (Lipinski definition) is 0. The molecular weight excluding hydrogens is 362 g/mol. The number of fused-ring (bicyclic) bond motifs is 4. The zero-order valence-electron chi connectivity index (χ0n) is 15.1. The van der Waals surface area contributed by atoms with Gasteiger partial charge in [-0.1, -0.05) is 23.7 Å². The van der Waals surface area contributed by atoms with Crippen molar-refractivity contribution in [2.75, 3.05) is 19.6 Å². The minimum absolute atomic E-state index is 0.00383. The van der Waals surface area contributed by atoms with Crippen LogP contribution in [0.2, 0.25) is 5.02 Å². The molecule has 1 aromatic carbocycles. The van der Waals surface area contributed by atoms with Crippen molar-refractivity contribution in [2.45, 2.75) is 25.3 Å². The van der Waals surface area contributed by atoms with Crippen LogP contribution in [0, 0.1) is 5.92 Å². The number of carbonyl (C=O) groups excluding carboxylic acids is 2. The molecule has 140 valence electrons. The van der Waals surface area contributed by atoms with Gasteiger partial charge in [-0.3, -0.25) is 14.6 Å². The summed E-state index contributed by atoms with van der Waals surface area (Å²) in [7, 11) is 0. The third-order valence-electron chi connectivity index (χ3n) is 5.47. The SMILES string of the molecule is O=C(c1cccnc1)N1C[C@@H]2CC[C@H](C1)N(C(=O)Cc1cccc(Cl)c1)C2. The number of pyridine rings is 1. The normalized spacial score (nSPS) is 21.8. The average Bonchev–Trinajstić information content (AvgIpc) is 3.00. The molecule has 3 saturated heterocycles. The first-order chi connectivity index (χ1) is 13.1. The molecule has 27 heavy (non-hydrogen) atoms. The van der Waals surface area contributed by atoms with Crippen LogP contribution >= 0.6 is 11.6 Å². The molecule has 0 N–H and O–H groups in total. The molecule has 0 aliphatic carbocycles. The van der Waals surface area contributed by atoms with Gasteiger partial charge >= 0.3 is 0 Å². The number of amides is 2. The summed E-state index contributed by atoms with van der Waals surface area (Å²) < 4.78 is 0. The van der Waals surface area contributed by atoms with Gasteiger partial charge in [-0.05, 0) is 48.6 Å². The van der Waals surface area contributed by atoms with Crippen LogP contribution in [-0.4, -0.2) is 52.3 Å². The van der Waals surface area contributed by atoms with E-state index in [1.807, 2.05) is 34.1 Å². The molecule has 0 unspecified atom stereocenters. The van der Waals surface area contributed by atoms with Gasteiger partial charge < -0.3 is 9.80 Å². The minimum atomic E-state index is 0.00383. The molecule has 0 radical (unpaired) electrons. The summed E-state index contributed by atoms with van der Waals surface area (Å²) in [5.41, 5.74) is 1.53. The predicted molar refractivity (Wildman–Crippen MR) is 104 cm³/mol. The molecule has 1 aromatic heterocycles. The monoisotopic (exact) mass is 383 g/mol. The van der Waals surface area contributed by atoms with Crippen molar-refractivity contribution >= 4 is 23.4 Å². The van der Waals surface area contributed by atoms with Gasteiger partial charge in [0.25, 0.3) is 5.91 Å². The lowest BCUT2D eigenvalue weighted by atomic mass is 9.94. The zero-order valence-corrected chi connectivity index (χ0v) is 15.8. The molecule has 3 aliphatic heterocycles. The molecule has 2 aromatic rings. The summed E-state index contributed by atoms with van der Waals surface area (Å²) in [5.74, 6) is 0.444. The lowest BCUT2D eigenvalue weighted by molar-refractivity contribution is -0.134.